The number of amides is 2. The number of carboxylic acids is 1. The Kier molecular flexibility index (Phi) is 5.23. The van der Waals surface area contributed by atoms with E-state index in [0.717, 1.165) is 45.4 Å². The summed E-state index contributed by atoms with van der Waals surface area (Å²) in [7, 11) is 1.70. The average molecular weight is 284 g/mol. The second-order valence-corrected chi connectivity index (χ2v) is 5.88. The second kappa shape index (κ2) is 6.92. The maximum atomic E-state index is 12.2. The van der Waals surface area contributed by atoms with E-state index in [1.807, 2.05) is 0 Å². The Bertz CT molecular complexity index is 349. The molecule has 1 saturated carbocycles. The molecule has 0 aromatic heterocycles. The number of hydrogen-bond donors (Lipinski definition) is 2. The molecule has 1 atom stereocenters. The van der Waals surface area contributed by atoms with Gasteiger partial charge in [0.25, 0.3) is 0 Å². The van der Waals surface area contributed by atoms with Gasteiger partial charge in [0.2, 0.25) is 0 Å². The van der Waals surface area contributed by atoms with Crippen molar-refractivity contribution in [2.24, 2.45) is 11.8 Å². The Balaban J connectivity index is 1.77. The van der Waals surface area contributed by atoms with Gasteiger partial charge in [-0.05, 0) is 37.5 Å². The van der Waals surface area contributed by atoms with Crippen molar-refractivity contribution in [3.8, 4) is 0 Å². The summed E-state index contributed by atoms with van der Waals surface area (Å²) in [6.45, 7) is 2.20. The summed E-state index contributed by atoms with van der Waals surface area (Å²) < 4.78 is 5.14. The van der Waals surface area contributed by atoms with Crippen molar-refractivity contribution in [3.63, 3.8) is 0 Å². The number of carbonyl (C=O) groups excluding carboxylic acids is 1. The van der Waals surface area contributed by atoms with Crippen LogP contribution >= 0.6 is 0 Å². The van der Waals surface area contributed by atoms with E-state index in [9.17, 15) is 9.59 Å². The zero-order valence-electron chi connectivity index (χ0n) is 12.0. The van der Waals surface area contributed by atoms with Crippen LogP contribution in [0.3, 0.4) is 0 Å². The maximum Gasteiger partial charge on any atom is 0.317 e. The Morgan fingerprint density at radius 3 is 2.45 bits per heavy atom. The van der Waals surface area contributed by atoms with E-state index < -0.39 is 5.97 Å². The predicted octanol–water partition coefficient (Wildman–Crippen LogP) is 1.31. The van der Waals surface area contributed by atoms with Crippen molar-refractivity contribution < 1.29 is 19.4 Å². The Labute approximate surface area is 119 Å². The highest BCUT2D eigenvalue weighted by Crippen LogP contribution is 2.34. The van der Waals surface area contributed by atoms with Crippen LogP contribution in [0.4, 0.5) is 4.79 Å². The molecule has 1 heterocycles. The van der Waals surface area contributed by atoms with Crippen LogP contribution in [0.1, 0.15) is 32.1 Å². The van der Waals surface area contributed by atoms with E-state index in [-0.39, 0.29) is 18.5 Å². The SMILES string of the molecule is COCC1CCN(C(=O)NC(CC(=O)O)C2CC2)CC1. The summed E-state index contributed by atoms with van der Waals surface area (Å²) in [6.07, 6.45) is 3.97. The maximum absolute atomic E-state index is 12.2. The summed E-state index contributed by atoms with van der Waals surface area (Å²) in [5.41, 5.74) is 0. The summed E-state index contributed by atoms with van der Waals surface area (Å²) in [5, 5.41) is 11.8. The predicted molar refractivity (Wildman–Crippen MR) is 73.5 cm³/mol. The molecule has 0 radical (unpaired) electrons. The molecule has 2 fully saturated rings. The number of urea groups is 1. The minimum atomic E-state index is -0.846. The molecule has 1 aliphatic carbocycles. The number of rotatable bonds is 6. The highest BCUT2D eigenvalue weighted by Gasteiger charge is 2.35. The molecule has 2 aliphatic rings. The fourth-order valence-electron chi connectivity index (χ4n) is 2.81. The number of hydrogen-bond acceptors (Lipinski definition) is 3. The molecule has 2 amide bonds. The number of likely N-dealkylation sites (tertiary alicyclic amines) is 1. The number of nitrogens with one attached hydrogen (secondary N) is 1. The van der Waals surface area contributed by atoms with Crippen LogP contribution in [-0.4, -0.2) is 54.9 Å². The first kappa shape index (κ1) is 15.1. The van der Waals surface area contributed by atoms with Crippen LogP contribution in [0, 0.1) is 11.8 Å². The van der Waals surface area contributed by atoms with E-state index in [2.05, 4.69) is 5.32 Å². The molecule has 0 aromatic rings. The van der Waals surface area contributed by atoms with E-state index in [1.54, 1.807) is 12.0 Å². The molecule has 2 N–H and O–H groups in total. The summed E-state index contributed by atoms with van der Waals surface area (Å²) in [5.74, 6) is 0.0318. The highest BCUT2D eigenvalue weighted by molar-refractivity contribution is 5.76. The lowest BCUT2D eigenvalue weighted by Gasteiger charge is -2.32. The van der Waals surface area contributed by atoms with Gasteiger partial charge in [-0.1, -0.05) is 0 Å². The molecular formula is C14H24N2O4. The molecule has 0 spiro atoms. The minimum Gasteiger partial charge on any atom is -0.481 e. The number of nitrogens with zero attached hydrogens (tertiary/aromatic N) is 1. The number of piperidine rings is 1. The van der Waals surface area contributed by atoms with Crippen molar-refractivity contribution in [3.05, 3.63) is 0 Å². The summed E-state index contributed by atoms with van der Waals surface area (Å²) in [4.78, 5) is 24.8. The summed E-state index contributed by atoms with van der Waals surface area (Å²) in [6, 6.07) is -0.323. The Morgan fingerprint density at radius 1 is 1.30 bits per heavy atom. The zero-order valence-corrected chi connectivity index (χ0v) is 12.0. The molecule has 1 saturated heterocycles. The van der Waals surface area contributed by atoms with E-state index in [4.69, 9.17) is 9.84 Å². The molecule has 0 aromatic carbocycles. The molecule has 2 rings (SSSR count). The third kappa shape index (κ3) is 4.37. The van der Waals surface area contributed by atoms with Crippen molar-refractivity contribution in [2.75, 3.05) is 26.8 Å². The number of ether oxygens (including phenoxy) is 1. The molecule has 6 heteroatoms. The molecule has 0 bridgehead atoms. The van der Waals surface area contributed by atoms with Gasteiger partial charge in [0, 0.05) is 32.8 Å². The number of aliphatic carboxylic acids is 1. The Hall–Kier alpha value is -1.30. The molecule has 1 aliphatic heterocycles. The van der Waals surface area contributed by atoms with Crippen LogP contribution in [0.5, 0.6) is 0 Å². The van der Waals surface area contributed by atoms with Crippen LogP contribution in [0.2, 0.25) is 0 Å². The smallest absolute Gasteiger partial charge is 0.317 e. The van der Waals surface area contributed by atoms with Crippen LogP contribution in [-0.2, 0) is 9.53 Å². The second-order valence-electron chi connectivity index (χ2n) is 5.88. The third-order valence-corrected chi connectivity index (χ3v) is 4.20. The number of methoxy groups -OCH3 is 1. The normalized spacial score (nSPS) is 21.6. The topological polar surface area (TPSA) is 78.9 Å². The minimum absolute atomic E-state index is 0.0244. The lowest BCUT2D eigenvalue weighted by Crippen LogP contribution is -2.49. The van der Waals surface area contributed by atoms with E-state index >= 15 is 0 Å². The van der Waals surface area contributed by atoms with Crippen LogP contribution in [0.25, 0.3) is 0 Å². The first-order valence-corrected chi connectivity index (χ1v) is 7.36. The average Bonchev–Trinajstić information content (AvgIpc) is 3.23. The van der Waals surface area contributed by atoms with Crippen LogP contribution in [0.15, 0.2) is 0 Å². The zero-order chi connectivity index (χ0) is 14.5. The summed E-state index contributed by atoms with van der Waals surface area (Å²) >= 11 is 0. The number of carboxylic acid groups (broad SMARTS) is 1. The van der Waals surface area contributed by atoms with Gasteiger partial charge in [-0.3, -0.25) is 4.79 Å². The molecule has 1 unspecified atom stereocenters. The Morgan fingerprint density at radius 2 is 1.95 bits per heavy atom. The van der Waals surface area contributed by atoms with Gasteiger partial charge < -0.3 is 20.1 Å². The fraction of sp³-hybridized carbons (Fsp3) is 0.857. The molecule has 20 heavy (non-hydrogen) atoms. The lowest BCUT2D eigenvalue weighted by atomic mass is 9.98. The van der Waals surface area contributed by atoms with Crippen molar-refractivity contribution in [1.29, 1.82) is 0 Å². The number of carbonyl (C=O) groups is 2. The van der Waals surface area contributed by atoms with Gasteiger partial charge in [-0.15, -0.1) is 0 Å². The molecule has 114 valence electrons. The molecular weight excluding hydrogens is 260 g/mol. The largest absolute Gasteiger partial charge is 0.481 e. The van der Waals surface area contributed by atoms with Gasteiger partial charge in [0.1, 0.15) is 0 Å². The molecule has 6 nitrogen and oxygen atoms in total. The van der Waals surface area contributed by atoms with E-state index in [1.165, 1.54) is 0 Å². The van der Waals surface area contributed by atoms with Gasteiger partial charge in [0.05, 0.1) is 6.42 Å². The van der Waals surface area contributed by atoms with Gasteiger partial charge in [-0.25, -0.2) is 4.79 Å². The third-order valence-electron chi connectivity index (χ3n) is 4.20. The highest BCUT2D eigenvalue weighted by atomic mass is 16.5. The van der Waals surface area contributed by atoms with Gasteiger partial charge in [0.15, 0.2) is 0 Å². The van der Waals surface area contributed by atoms with Crippen molar-refractivity contribution in [2.45, 2.75) is 38.1 Å². The van der Waals surface area contributed by atoms with Crippen molar-refractivity contribution in [1.82, 2.24) is 10.2 Å². The fourth-order valence-corrected chi connectivity index (χ4v) is 2.81. The monoisotopic (exact) mass is 284 g/mol. The first-order chi connectivity index (χ1) is 9.60. The standard InChI is InChI=1S/C14H24N2O4/c1-20-9-10-4-6-16(7-5-10)14(19)15-12(8-13(17)18)11-2-3-11/h10-12H,2-9H2,1H3,(H,15,19)(H,17,18). The van der Waals surface area contributed by atoms with Gasteiger partial charge >= 0.3 is 12.0 Å². The van der Waals surface area contributed by atoms with E-state index in [0.29, 0.717) is 11.8 Å². The first-order valence-electron chi connectivity index (χ1n) is 7.36. The lowest BCUT2D eigenvalue weighted by molar-refractivity contribution is -0.137. The van der Waals surface area contributed by atoms with Crippen LogP contribution < -0.4 is 5.32 Å². The van der Waals surface area contributed by atoms with Crippen molar-refractivity contribution >= 4 is 12.0 Å². The quantitative estimate of drug-likeness (QED) is 0.770. The van der Waals surface area contributed by atoms with Gasteiger partial charge in [-0.2, -0.15) is 0 Å².